The van der Waals surface area contributed by atoms with Crippen molar-refractivity contribution < 1.29 is 4.74 Å². The standard InChI is InChI=1S/C12H24N2O/c13-7-2-8-14(11-3-1-4-11)12-5-9-15-10-6-12/h11-12H,1-10,13H2. The van der Waals surface area contributed by atoms with Crippen LogP contribution >= 0.6 is 0 Å². The van der Waals surface area contributed by atoms with E-state index in [0.717, 1.165) is 38.3 Å². The predicted octanol–water partition coefficient (Wildman–Crippen LogP) is 1.37. The van der Waals surface area contributed by atoms with E-state index in [9.17, 15) is 0 Å². The molecular formula is C12H24N2O. The van der Waals surface area contributed by atoms with Crippen LogP contribution in [-0.4, -0.2) is 43.3 Å². The van der Waals surface area contributed by atoms with Gasteiger partial charge >= 0.3 is 0 Å². The third-order valence-corrected chi connectivity index (χ3v) is 3.82. The molecule has 0 aromatic heterocycles. The van der Waals surface area contributed by atoms with Gasteiger partial charge in [-0.05, 0) is 45.2 Å². The number of nitrogens with two attached hydrogens (primary N) is 1. The molecule has 1 heterocycles. The maximum Gasteiger partial charge on any atom is 0.0480 e. The first-order valence-electron chi connectivity index (χ1n) is 6.45. The highest BCUT2D eigenvalue weighted by Gasteiger charge is 2.30. The Balaban J connectivity index is 1.84. The first-order chi connectivity index (χ1) is 7.42. The third kappa shape index (κ3) is 2.92. The highest BCUT2D eigenvalue weighted by atomic mass is 16.5. The van der Waals surface area contributed by atoms with Crippen LogP contribution in [0, 0.1) is 0 Å². The van der Waals surface area contributed by atoms with E-state index in [0.29, 0.717) is 0 Å². The Kier molecular flexibility index (Phi) is 4.42. The summed E-state index contributed by atoms with van der Waals surface area (Å²) in [7, 11) is 0. The fourth-order valence-electron chi connectivity index (χ4n) is 2.67. The van der Waals surface area contributed by atoms with Gasteiger partial charge in [0, 0.05) is 25.3 Å². The Morgan fingerprint density at radius 2 is 1.73 bits per heavy atom. The number of ether oxygens (including phenoxy) is 1. The lowest BCUT2D eigenvalue weighted by Gasteiger charge is -2.44. The van der Waals surface area contributed by atoms with Crippen LogP contribution in [0.3, 0.4) is 0 Å². The Bertz CT molecular complexity index is 176. The van der Waals surface area contributed by atoms with E-state index in [-0.39, 0.29) is 0 Å². The molecule has 1 saturated carbocycles. The fraction of sp³-hybridized carbons (Fsp3) is 1.00. The quantitative estimate of drug-likeness (QED) is 0.748. The topological polar surface area (TPSA) is 38.5 Å². The molecule has 0 atom stereocenters. The highest BCUT2D eigenvalue weighted by Crippen LogP contribution is 2.29. The van der Waals surface area contributed by atoms with Crippen LogP contribution < -0.4 is 5.73 Å². The predicted molar refractivity (Wildman–Crippen MR) is 61.9 cm³/mol. The van der Waals surface area contributed by atoms with E-state index in [1.165, 1.54) is 38.6 Å². The molecule has 2 rings (SSSR count). The summed E-state index contributed by atoms with van der Waals surface area (Å²) in [5, 5.41) is 0. The molecule has 1 aliphatic heterocycles. The summed E-state index contributed by atoms with van der Waals surface area (Å²) in [5.74, 6) is 0. The normalized spacial score (nSPS) is 24.4. The Hall–Kier alpha value is -0.120. The van der Waals surface area contributed by atoms with E-state index in [1.807, 2.05) is 0 Å². The number of hydrogen-bond acceptors (Lipinski definition) is 3. The van der Waals surface area contributed by atoms with Gasteiger partial charge in [0.25, 0.3) is 0 Å². The first kappa shape index (κ1) is 11.4. The lowest BCUT2D eigenvalue weighted by molar-refractivity contribution is -0.000569. The van der Waals surface area contributed by atoms with E-state index < -0.39 is 0 Å². The molecule has 2 aliphatic rings. The van der Waals surface area contributed by atoms with Gasteiger partial charge in [0.15, 0.2) is 0 Å². The maximum atomic E-state index is 5.61. The van der Waals surface area contributed by atoms with Crippen molar-refractivity contribution in [1.29, 1.82) is 0 Å². The molecule has 0 spiro atoms. The minimum Gasteiger partial charge on any atom is -0.381 e. The molecule has 3 nitrogen and oxygen atoms in total. The second-order valence-electron chi connectivity index (χ2n) is 4.81. The molecule has 2 fully saturated rings. The second-order valence-corrected chi connectivity index (χ2v) is 4.81. The van der Waals surface area contributed by atoms with Gasteiger partial charge in [-0.25, -0.2) is 0 Å². The maximum absolute atomic E-state index is 5.61. The summed E-state index contributed by atoms with van der Waals surface area (Å²) in [4.78, 5) is 2.72. The Morgan fingerprint density at radius 3 is 2.27 bits per heavy atom. The lowest BCUT2D eigenvalue weighted by atomic mass is 9.89. The van der Waals surface area contributed by atoms with Crippen LogP contribution in [0.5, 0.6) is 0 Å². The summed E-state index contributed by atoms with van der Waals surface area (Å²) in [5.41, 5.74) is 5.61. The van der Waals surface area contributed by atoms with Gasteiger partial charge in [0.05, 0.1) is 0 Å². The van der Waals surface area contributed by atoms with E-state index in [2.05, 4.69) is 4.90 Å². The van der Waals surface area contributed by atoms with Crippen molar-refractivity contribution in [2.24, 2.45) is 5.73 Å². The van der Waals surface area contributed by atoms with Crippen LogP contribution in [-0.2, 0) is 4.74 Å². The smallest absolute Gasteiger partial charge is 0.0480 e. The summed E-state index contributed by atoms with van der Waals surface area (Å²) in [6.45, 7) is 3.94. The molecule has 0 radical (unpaired) electrons. The molecule has 0 unspecified atom stereocenters. The average Bonchev–Trinajstić information content (AvgIpc) is 2.22. The summed E-state index contributed by atoms with van der Waals surface area (Å²) >= 11 is 0. The third-order valence-electron chi connectivity index (χ3n) is 3.82. The van der Waals surface area contributed by atoms with Gasteiger partial charge in [-0.3, -0.25) is 4.90 Å². The SMILES string of the molecule is NCCCN(C1CCC1)C1CCOCC1. The molecule has 1 aliphatic carbocycles. The molecule has 3 heteroatoms. The molecule has 0 amide bonds. The van der Waals surface area contributed by atoms with Gasteiger partial charge in [0.1, 0.15) is 0 Å². The van der Waals surface area contributed by atoms with E-state index >= 15 is 0 Å². The summed E-state index contributed by atoms with van der Waals surface area (Å²) < 4.78 is 5.43. The first-order valence-corrected chi connectivity index (χ1v) is 6.45. The number of hydrogen-bond donors (Lipinski definition) is 1. The molecule has 0 aromatic carbocycles. The molecular weight excluding hydrogens is 188 g/mol. The van der Waals surface area contributed by atoms with Crippen molar-refractivity contribution in [2.45, 2.75) is 50.6 Å². The van der Waals surface area contributed by atoms with Crippen LogP contribution in [0.15, 0.2) is 0 Å². The minimum absolute atomic E-state index is 0.774. The number of nitrogens with zero attached hydrogens (tertiary/aromatic N) is 1. The average molecular weight is 212 g/mol. The second kappa shape index (κ2) is 5.83. The molecule has 15 heavy (non-hydrogen) atoms. The van der Waals surface area contributed by atoms with Crippen molar-refractivity contribution in [3.05, 3.63) is 0 Å². The van der Waals surface area contributed by atoms with Gasteiger partial charge < -0.3 is 10.5 Å². The lowest BCUT2D eigenvalue weighted by Crippen LogP contribution is -2.49. The zero-order valence-electron chi connectivity index (χ0n) is 9.66. The molecule has 88 valence electrons. The molecule has 2 N–H and O–H groups in total. The summed E-state index contributed by atoms with van der Waals surface area (Å²) in [6.07, 6.45) is 7.83. The highest BCUT2D eigenvalue weighted by molar-refractivity contribution is 4.86. The molecule has 0 bridgehead atoms. The zero-order valence-corrected chi connectivity index (χ0v) is 9.66. The van der Waals surface area contributed by atoms with Crippen LogP contribution in [0.4, 0.5) is 0 Å². The minimum atomic E-state index is 0.774. The van der Waals surface area contributed by atoms with Crippen LogP contribution in [0.1, 0.15) is 38.5 Å². The van der Waals surface area contributed by atoms with Gasteiger partial charge in [-0.15, -0.1) is 0 Å². The largest absolute Gasteiger partial charge is 0.381 e. The Labute approximate surface area is 93.0 Å². The van der Waals surface area contributed by atoms with E-state index in [4.69, 9.17) is 10.5 Å². The zero-order chi connectivity index (χ0) is 10.5. The van der Waals surface area contributed by atoms with Crippen molar-refractivity contribution in [1.82, 2.24) is 4.90 Å². The molecule has 0 aromatic rings. The Morgan fingerprint density at radius 1 is 1.07 bits per heavy atom. The van der Waals surface area contributed by atoms with E-state index in [1.54, 1.807) is 0 Å². The van der Waals surface area contributed by atoms with Gasteiger partial charge in [-0.1, -0.05) is 6.42 Å². The van der Waals surface area contributed by atoms with Crippen molar-refractivity contribution in [3.8, 4) is 0 Å². The monoisotopic (exact) mass is 212 g/mol. The van der Waals surface area contributed by atoms with Crippen LogP contribution in [0.2, 0.25) is 0 Å². The van der Waals surface area contributed by atoms with Crippen LogP contribution in [0.25, 0.3) is 0 Å². The molecule has 1 saturated heterocycles. The van der Waals surface area contributed by atoms with Crippen molar-refractivity contribution in [3.63, 3.8) is 0 Å². The van der Waals surface area contributed by atoms with Gasteiger partial charge in [0.2, 0.25) is 0 Å². The van der Waals surface area contributed by atoms with Crippen molar-refractivity contribution in [2.75, 3.05) is 26.3 Å². The fourth-order valence-corrected chi connectivity index (χ4v) is 2.67. The van der Waals surface area contributed by atoms with Gasteiger partial charge in [-0.2, -0.15) is 0 Å². The summed E-state index contributed by atoms with van der Waals surface area (Å²) in [6, 6.07) is 1.63. The number of rotatable bonds is 5. The van der Waals surface area contributed by atoms with Crippen molar-refractivity contribution >= 4 is 0 Å².